The van der Waals surface area contributed by atoms with Gasteiger partial charge in [0, 0.05) is 18.5 Å². The largest absolute Gasteiger partial charge is 0.311 e. The lowest BCUT2D eigenvalue weighted by atomic mass is 10.1. The van der Waals surface area contributed by atoms with Gasteiger partial charge in [0.25, 0.3) is 0 Å². The summed E-state index contributed by atoms with van der Waals surface area (Å²) in [6.45, 7) is 5.64. The molecule has 90 valence electrons. The molecule has 0 bridgehead atoms. The molecule has 1 N–H and O–H groups in total. The van der Waals surface area contributed by atoms with E-state index < -0.39 is 0 Å². The molecule has 0 aliphatic carbocycles. The quantitative estimate of drug-likeness (QED) is 0.812. The molecule has 0 aromatic heterocycles. The third-order valence-corrected chi connectivity index (χ3v) is 3.64. The molecule has 0 saturated carbocycles. The number of benzene rings is 1. The third-order valence-electron chi connectivity index (χ3n) is 2.38. The van der Waals surface area contributed by atoms with Crippen LogP contribution in [0.1, 0.15) is 19.4 Å². The van der Waals surface area contributed by atoms with E-state index in [4.69, 9.17) is 11.6 Å². The molecule has 16 heavy (non-hydrogen) atoms. The van der Waals surface area contributed by atoms with E-state index in [0.29, 0.717) is 16.9 Å². The van der Waals surface area contributed by atoms with Gasteiger partial charge in [-0.25, -0.2) is 4.39 Å². The molecule has 1 unspecified atom stereocenters. The summed E-state index contributed by atoms with van der Waals surface area (Å²) in [5, 5.41) is 3.38. The number of halogens is 3. The first-order chi connectivity index (χ1) is 7.50. The normalized spacial score (nSPS) is 13.1. The summed E-state index contributed by atoms with van der Waals surface area (Å²) in [6, 6.07) is 5.01. The molecule has 1 rings (SSSR count). The van der Waals surface area contributed by atoms with Crippen molar-refractivity contribution in [3.05, 3.63) is 34.1 Å². The van der Waals surface area contributed by atoms with Crippen LogP contribution in [0.25, 0.3) is 0 Å². The van der Waals surface area contributed by atoms with E-state index >= 15 is 0 Å². The molecule has 1 aromatic carbocycles. The Bertz CT molecular complexity index is 344. The Kier molecular flexibility index (Phi) is 5.73. The maximum absolute atomic E-state index is 13.0. The zero-order valence-corrected chi connectivity index (χ0v) is 11.8. The first-order valence-electron chi connectivity index (χ1n) is 5.29. The van der Waals surface area contributed by atoms with E-state index in [1.807, 2.05) is 0 Å². The topological polar surface area (TPSA) is 12.0 Å². The molecule has 1 aromatic rings. The average Bonchev–Trinajstić information content (AvgIpc) is 2.23. The lowest BCUT2D eigenvalue weighted by molar-refractivity contribution is 0.545. The lowest BCUT2D eigenvalue weighted by Crippen LogP contribution is -2.26. The summed E-state index contributed by atoms with van der Waals surface area (Å²) < 4.78 is 13.5. The molecule has 1 nitrogen and oxygen atoms in total. The molecule has 0 amide bonds. The minimum Gasteiger partial charge on any atom is -0.311 e. The standard InChI is InChI=1S/C12H16BrClFN/c1-8(2)11(14)7-16-6-9-3-4-12(15)10(13)5-9/h3-5,8,11,16H,6-7H2,1-2H3. The maximum atomic E-state index is 13.0. The Morgan fingerprint density at radius 2 is 2.12 bits per heavy atom. The maximum Gasteiger partial charge on any atom is 0.137 e. The molecular weight excluding hydrogens is 292 g/mol. The minimum absolute atomic E-state index is 0.129. The van der Waals surface area contributed by atoms with Crippen LogP contribution >= 0.6 is 27.5 Å². The van der Waals surface area contributed by atoms with Crippen LogP contribution in [0.5, 0.6) is 0 Å². The zero-order valence-electron chi connectivity index (χ0n) is 9.43. The van der Waals surface area contributed by atoms with Gasteiger partial charge in [-0.15, -0.1) is 11.6 Å². The SMILES string of the molecule is CC(C)C(Cl)CNCc1ccc(F)c(Br)c1. The fraction of sp³-hybridized carbons (Fsp3) is 0.500. The molecule has 0 aliphatic heterocycles. The van der Waals surface area contributed by atoms with Gasteiger partial charge in [-0.05, 0) is 39.5 Å². The van der Waals surface area contributed by atoms with Crippen molar-refractivity contribution >= 4 is 27.5 Å². The molecule has 0 fully saturated rings. The summed E-state index contributed by atoms with van der Waals surface area (Å²) >= 11 is 9.27. The number of alkyl halides is 1. The highest BCUT2D eigenvalue weighted by molar-refractivity contribution is 9.10. The second kappa shape index (κ2) is 6.58. The third kappa shape index (κ3) is 4.40. The van der Waals surface area contributed by atoms with Crippen molar-refractivity contribution < 1.29 is 4.39 Å². The smallest absolute Gasteiger partial charge is 0.137 e. The van der Waals surface area contributed by atoms with Gasteiger partial charge in [-0.1, -0.05) is 19.9 Å². The first kappa shape index (κ1) is 13.9. The highest BCUT2D eigenvalue weighted by Gasteiger charge is 2.08. The molecule has 1 atom stereocenters. The van der Waals surface area contributed by atoms with Crippen LogP contribution in [0.2, 0.25) is 0 Å². The van der Waals surface area contributed by atoms with E-state index in [9.17, 15) is 4.39 Å². The van der Waals surface area contributed by atoms with Gasteiger partial charge in [-0.2, -0.15) is 0 Å². The second-order valence-electron chi connectivity index (χ2n) is 4.14. The summed E-state index contributed by atoms with van der Waals surface area (Å²) in [5.41, 5.74) is 1.04. The van der Waals surface area contributed by atoms with E-state index in [-0.39, 0.29) is 11.2 Å². The lowest BCUT2D eigenvalue weighted by Gasteiger charge is -2.14. The van der Waals surface area contributed by atoms with Crippen molar-refractivity contribution in [2.45, 2.75) is 25.8 Å². The summed E-state index contributed by atoms with van der Waals surface area (Å²) in [5.74, 6) is 0.218. The van der Waals surface area contributed by atoms with Gasteiger partial charge < -0.3 is 5.32 Å². The van der Waals surface area contributed by atoms with Crippen molar-refractivity contribution in [3.8, 4) is 0 Å². The predicted octanol–water partition coefficient (Wildman–Crippen LogP) is 3.94. The summed E-state index contributed by atoms with van der Waals surface area (Å²) in [7, 11) is 0. The van der Waals surface area contributed by atoms with Crippen LogP contribution in [-0.4, -0.2) is 11.9 Å². The molecule has 0 heterocycles. The van der Waals surface area contributed by atoms with Gasteiger partial charge in [0.2, 0.25) is 0 Å². The van der Waals surface area contributed by atoms with Crippen LogP contribution in [0.3, 0.4) is 0 Å². The number of nitrogens with one attached hydrogen (secondary N) is 1. The van der Waals surface area contributed by atoms with Gasteiger partial charge in [0.1, 0.15) is 5.82 Å². The van der Waals surface area contributed by atoms with Gasteiger partial charge in [0.05, 0.1) is 4.47 Å². The highest BCUT2D eigenvalue weighted by Crippen LogP contribution is 2.16. The number of hydrogen-bond acceptors (Lipinski definition) is 1. The Hall–Kier alpha value is -0.120. The van der Waals surface area contributed by atoms with Crippen LogP contribution in [-0.2, 0) is 6.54 Å². The number of hydrogen-bond donors (Lipinski definition) is 1. The monoisotopic (exact) mass is 307 g/mol. The van der Waals surface area contributed by atoms with Crippen molar-refractivity contribution in [1.29, 1.82) is 0 Å². The summed E-state index contributed by atoms with van der Waals surface area (Å²) in [6.07, 6.45) is 0. The zero-order chi connectivity index (χ0) is 12.1. The van der Waals surface area contributed by atoms with E-state index in [1.165, 1.54) is 6.07 Å². The van der Waals surface area contributed by atoms with Gasteiger partial charge in [0.15, 0.2) is 0 Å². The van der Waals surface area contributed by atoms with Gasteiger partial charge in [-0.3, -0.25) is 0 Å². The van der Waals surface area contributed by atoms with E-state index in [1.54, 1.807) is 12.1 Å². The van der Waals surface area contributed by atoms with E-state index in [0.717, 1.165) is 12.1 Å². The Morgan fingerprint density at radius 1 is 1.44 bits per heavy atom. The van der Waals surface area contributed by atoms with Crippen molar-refractivity contribution in [1.82, 2.24) is 5.32 Å². The Balaban J connectivity index is 2.40. The molecule has 0 aliphatic rings. The average molecular weight is 309 g/mol. The minimum atomic E-state index is -0.235. The highest BCUT2D eigenvalue weighted by atomic mass is 79.9. The predicted molar refractivity (Wildman–Crippen MR) is 70.3 cm³/mol. The number of rotatable bonds is 5. The Morgan fingerprint density at radius 3 is 2.69 bits per heavy atom. The van der Waals surface area contributed by atoms with Crippen molar-refractivity contribution in [2.75, 3.05) is 6.54 Å². The first-order valence-corrected chi connectivity index (χ1v) is 6.52. The molecule has 0 radical (unpaired) electrons. The van der Waals surface area contributed by atoms with Crippen LogP contribution < -0.4 is 5.32 Å². The molecule has 0 spiro atoms. The molecule has 4 heteroatoms. The van der Waals surface area contributed by atoms with Gasteiger partial charge >= 0.3 is 0 Å². The van der Waals surface area contributed by atoms with Crippen LogP contribution in [0.15, 0.2) is 22.7 Å². The molecular formula is C12H16BrClFN. The van der Waals surface area contributed by atoms with E-state index in [2.05, 4.69) is 35.1 Å². The fourth-order valence-corrected chi connectivity index (χ4v) is 1.78. The van der Waals surface area contributed by atoms with Crippen LogP contribution in [0.4, 0.5) is 4.39 Å². The second-order valence-corrected chi connectivity index (χ2v) is 5.55. The fourth-order valence-electron chi connectivity index (χ4n) is 1.24. The van der Waals surface area contributed by atoms with Crippen molar-refractivity contribution in [2.24, 2.45) is 5.92 Å². The summed E-state index contributed by atoms with van der Waals surface area (Å²) in [4.78, 5) is 0. The molecule has 0 saturated heterocycles. The Labute approximate surface area is 110 Å². The van der Waals surface area contributed by atoms with Crippen molar-refractivity contribution in [3.63, 3.8) is 0 Å². The van der Waals surface area contributed by atoms with Crippen LogP contribution in [0, 0.1) is 11.7 Å².